The molecule has 2 aromatic heterocycles. The Labute approximate surface area is 237 Å². The maximum Gasteiger partial charge on any atom is 0.221 e. The second kappa shape index (κ2) is 10.2. The van der Waals surface area contributed by atoms with Gasteiger partial charge >= 0.3 is 0 Å². The van der Waals surface area contributed by atoms with Gasteiger partial charge in [-0.1, -0.05) is 42.5 Å². The molecule has 200 valence electrons. The van der Waals surface area contributed by atoms with Crippen molar-refractivity contribution in [2.45, 2.75) is 26.2 Å². The Hall–Kier alpha value is -5.48. The average Bonchev–Trinajstić information content (AvgIpc) is 3.48. The first-order valence-electron chi connectivity index (χ1n) is 13.3. The molecule has 0 saturated carbocycles. The fraction of sp³-hybridized carbons (Fsp3) is 0.118. The number of rotatable bonds is 6. The molecule has 7 nitrogen and oxygen atoms in total. The van der Waals surface area contributed by atoms with Gasteiger partial charge in [0.05, 0.1) is 34.4 Å². The number of nitriles is 1. The van der Waals surface area contributed by atoms with Crippen LogP contribution in [0.25, 0.3) is 44.2 Å². The van der Waals surface area contributed by atoms with Crippen molar-refractivity contribution in [2.24, 2.45) is 0 Å². The van der Waals surface area contributed by atoms with Crippen molar-refractivity contribution < 1.29 is 4.79 Å². The zero-order chi connectivity index (χ0) is 28.6. The highest BCUT2D eigenvalue weighted by Crippen LogP contribution is 2.35. The minimum absolute atomic E-state index is 0.0947. The number of carbonyl (C=O) groups excluding carboxylic acids is 1. The van der Waals surface area contributed by atoms with Gasteiger partial charge in [-0.15, -0.1) is 0 Å². The van der Waals surface area contributed by atoms with Crippen LogP contribution in [-0.4, -0.2) is 21.1 Å². The van der Waals surface area contributed by atoms with E-state index in [0.29, 0.717) is 0 Å². The number of fused-ring (bicyclic) bond motifs is 3. The van der Waals surface area contributed by atoms with Crippen LogP contribution in [-0.2, 0) is 10.2 Å². The van der Waals surface area contributed by atoms with Gasteiger partial charge in [0.25, 0.3) is 0 Å². The van der Waals surface area contributed by atoms with Crippen LogP contribution in [0, 0.1) is 11.3 Å². The van der Waals surface area contributed by atoms with Gasteiger partial charge in [0, 0.05) is 40.3 Å². The highest BCUT2D eigenvalue weighted by atomic mass is 16.1. The van der Waals surface area contributed by atoms with Crippen LogP contribution in [0.2, 0.25) is 0 Å². The van der Waals surface area contributed by atoms with Gasteiger partial charge in [0.15, 0.2) is 0 Å². The zero-order valence-corrected chi connectivity index (χ0v) is 23.0. The molecule has 2 heterocycles. The number of carbonyl (C=O) groups is 1. The van der Waals surface area contributed by atoms with E-state index >= 15 is 0 Å². The SMILES string of the molecule is CC(=O)Nc1ccc(Nc2cccc(-c3ccc4nc(-c5ccc(C(C)(C)C#N)cc5)c5[nH]ncc5c4c3)c2)cc1. The summed E-state index contributed by atoms with van der Waals surface area (Å²) in [6.45, 7) is 5.33. The van der Waals surface area contributed by atoms with E-state index in [-0.39, 0.29) is 5.91 Å². The molecule has 6 aromatic rings. The molecule has 4 aromatic carbocycles. The molecule has 0 aliphatic heterocycles. The van der Waals surface area contributed by atoms with Crippen molar-refractivity contribution in [3.63, 3.8) is 0 Å². The van der Waals surface area contributed by atoms with E-state index in [1.807, 2.05) is 80.7 Å². The summed E-state index contributed by atoms with van der Waals surface area (Å²) in [5.74, 6) is -0.0947. The summed E-state index contributed by atoms with van der Waals surface area (Å²) in [5.41, 5.74) is 8.75. The fourth-order valence-corrected chi connectivity index (χ4v) is 4.98. The van der Waals surface area contributed by atoms with Gasteiger partial charge in [-0.2, -0.15) is 10.4 Å². The molecule has 0 saturated heterocycles. The standard InChI is InChI=1S/C34H28N6O/c1-21(41)37-26-12-14-27(15-13-26)38-28-6-4-5-23(17-28)24-9-16-31-29(18-24)30-19-36-40-33(30)32(39-31)22-7-10-25(11-8-22)34(2,3)20-35/h4-19,38H,1-3H3,(H,36,40)(H,37,41). The van der Waals surface area contributed by atoms with Gasteiger partial charge < -0.3 is 10.6 Å². The number of anilines is 3. The number of pyridine rings is 1. The van der Waals surface area contributed by atoms with Crippen molar-refractivity contribution in [2.75, 3.05) is 10.6 Å². The van der Waals surface area contributed by atoms with Crippen LogP contribution in [0.3, 0.4) is 0 Å². The van der Waals surface area contributed by atoms with E-state index in [1.54, 1.807) is 0 Å². The molecule has 3 N–H and O–H groups in total. The summed E-state index contributed by atoms with van der Waals surface area (Å²) in [6.07, 6.45) is 1.85. The van der Waals surface area contributed by atoms with Crippen LogP contribution in [0.1, 0.15) is 26.3 Å². The predicted octanol–water partition coefficient (Wildman–Crippen LogP) is 7.95. The molecular weight excluding hydrogens is 508 g/mol. The highest BCUT2D eigenvalue weighted by Gasteiger charge is 2.20. The third-order valence-corrected chi connectivity index (χ3v) is 7.24. The number of nitrogens with zero attached hydrogens (tertiary/aromatic N) is 3. The van der Waals surface area contributed by atoms with Gasteiger partial charge in [0.1, 0.15) is 0 Å². The van der Waals surface area contributed by atoms with Crippen LogP contribution in [0.5, 0.6) is 0 Å². The van der Waals surface area contributed by atoms with Gasteiger partial charge in [-0.05, 0) is 79.1 Å². The quantitative estimate of drug-likeness (QED) is 0.200. The third kappa shape index (κ3) is 5.11. The Kier molecular flexibility index (Phi) is 6.44. The van der Waals surface area contributed by atoms with E-state index in [2.05, 4.69) is 57.2 Å². The summed E-state index contributed by atoms with van der Waals surface area (Å²) in [4.78, 5) is 16.3. The lowest BCUT2D eigenvalue weighted by Crippen LogP contribution is -2.13. The molecule has 0 atom stereocenters. The monoisotopic (exact) mass is 536 g/mol. The maximum atomic E-state index is 11.3. The molecule has 0 spiro atoms. The molecule has 0 radical (unpaired) electrons. The molecule has 6 rings (SSSR count). The van der Waals surface area contributed by atoms with E-state index in [1.165, 1.54) is 6.92 Å². The average molecular weight is 537 g/mol. The van der Waals surface area contributed by atoms with Crippen molar-refractivity contribution in [1.82, 2.24) is 15.2 Å². The van der Waals surface area contributed by atoms with E-state index < -0.39 is 5.41 Å². The van der Waals surface area contributed by atoms with Crippen molar-refractivity contribution >= 4 is 44.8 Å². The number of H-pyrrole nitrogens is 1. The largest absolute Gasteiger partial charge is 0.356 e. The van der Waals surface area contributed by atoms with Crippen LogP contribution in [0.15, 0.2) is 97.2 Å². The Bertz CT molecular complexity index is 1950. The first-order valence-corrected chi connectivity index (χ1v) is 13.3. The summed E-state index contributed by atoms with van der Waals surface area (Å²) >= 11 is 0. The van der Waals surface area contributed by atoms with Crippen molar-refractivity contribution in [3.8, 4) is 28.5 Å². The first-order chi connectivity index (χ1) is 19.8. The van der Waals surface area contributed by atoms with Crippen LogP contribution >= 0.6 is 0 Å². The molecule has 0 fully saturated rings. The Morgan fingerprint density at radius 3 is 2.27 bits per heavy atom. The Morgan fingerprint density at radius 1 is 0.829 bits per heavy atom. The summed E-state index contributed by atoms with van der Waals surface area (Å²) in [5, 5.41) is 25.2. The molecular formula is C34H28N6O. The van der Waals surface area contributed by atoms with Crippen molar-refractivity contribution in [1.29, 1.82) is 5.26 Å². The van der Waals surface area contributed by atoms with Gasteiger partial charge in [-0.3, -0.25) is 9.89 Å². The van der Waals surface area contributed by atoms with E-state index in [9.17, 15) is 10.1 Å². The maximum absolute atomic E-state index is 11.3. The zero-order valence-electron chi connectivity index (χ0n) is 23.0. The smallest absolute Gasteiger partial charge is 0.221 e. The Morgan fingerprint density at radius 2 is 1.54 bits per heavy atom. The first kappa shape index (κ1) is 25.8. The summed E-state index contributed by atoms with van der Waals surface area (Å²) in [7, 11) is 0. The normalized spacial score (nSPS) is 11.4. The predicted molar refractivity (Wildman–Crippen MR) is 165 cm³/mol. The minimum atomic E-state index is -0.555. The highest BCUT2D eigenvalue weighted by molar-refractivity contribution is 6.10. The molecule has 0 aliphatic carbocycles. The van der Waals surface area contributed by atoms with Gasteiger partial charge in [-0.25, -0.2) is 4.98 Å². The second-order valence-corrected chi connectivity index (χ2v) is 10.6. The fourth-order valence-electron chi connectivity index (χ4n) is 4.98. The second-order valence-electron chi connectivity index (χ2n) is 10.6. The van der Waals surface area contributed by atoms with Crippen molar-refractivity contribution in [3.05, 3.63) is 103 Å². The minimum Gasteiger partial charge on any atom is -0.356 e. The Balaban J connectivity index is 1.32. The number of benzene rings is 4. The van der Waals surface area contributed by atoms with E-state index in [4.69, 9.17) is 4.98 Å². The van der Waals surface area contributed by atoms with E-state index in [0.717, 1.165) is 66.8 Å². The topological polar surface area (TPSA) is 106 Å². The number of hydrogen-bond acceptors (Lipinski definition) is 5. The molecule has 7 heteroatoms. The number of nitrogens with one attached hydrogen (secondary N) is 3. The number of aromatic amines is 1. The molecule has 0 aliphatic rings. The molecule has 0 bridgehead atoms. The lowest BCUT2D eigenvalue weighted by atomic mass is 9.86. The molecule has 0 unspecified atom stereocenters. The number of amides is 1. The number of hydrogen-bond donors (Lipinski definition) is 3. The van der Waals surface area contributed by atoms with Gasteiger partial charge in [0.2, 0.25) is 5.91 Å². The number of aromatic nitrogens is 3. The molecule has 1 amide bonds. The summed E-state index contributed by atoms with van der Waals surface area (Å²) < 4.78 is 0. The molecule has 41 heavy (non-hydrogen) atoms. The lowest BCUT2D eigenvalue weighted by molar-refractivity contribution is -0.114. The lowest BCUT2D eigenvalue weighted by Gasteiger charge is -2.16. The summed E-state index contributed by atoms with van der Waals surface area (Å²) in [6, 6.07) is 32.5. The third-order valence-electron chi connectivity index (χ3n) is 7.24. The van der Waals surface area contributed by atoms with Crippen LogP contribution < -0.4 is 10.6 Å². The van der Waals surface area contributed by atoms with Crippen LogP contribution in [0.4, 0.5) is 17.1 Å².